The van der Waals surface area contributed by atoms with Crippen LogP contribution in [0.1, 0.15) is 10.4 Å². The van der Waals surface area contributed by atoms with Crippen molar-refractivity contribution in [3.8, 4) is 17.2 Å². The van der Waals surface area contributed by atoms with Crippen molar-refractivity contribution in [1.82, 2.24) is 4.57 Å². The molecule has 6 heteroatoms. The summed E-state index contributed by atoms with van der Waals surface area (Å²) >= 11 is 0. The summed E-state index contributed by atoms with van der Waals surface area (Å²) in [6.07, 6.45) is 3.87. The smallest absolute Gasteiger partial charge is 0.340 e. The lowest BCUT2D eigenvalue weighted by Gasteiger charge is -2.41. The maximum atomic E-state index is 12.2. The van der Waals surface area contributed by atoms with E-state index >= 15 is 0 Å². The minimum Gasteiger partial charge on any atom is -0.508 e. The second-order valence-corrected chi connectivity index (χ2v) is 6.39. The van der Waals surface area contributed by atoms with Crippen LogP contribution in [0.5, 0.6) is 11.5 Å². The first kappa shape index (κ1) is 17.0. The number of aromatic hydroxyl groups is 1. The van der Waals surface area contributed by atoms with Gasteiger partial charge in [-0.2, -0.15) is 0 Å². The van der Waals surface area contributed by atoms with Crippen LogP contribution in [0.3, 0.4) is 0 Å². The minimum absolute atomic E-state index is 0.0498. The summed E-state index contributed by atoms with van der Waals surface area (Å²) < 4.78 is 12.8. The van der Waals surface area contributed by atoms with Gasteiger partial charge in [0.1, 0.15) is 17.6 Å². The minimum atomic E-state index is -0.363. The Labute approximate surface area is 157 Å². The maximum absolute atomic E-state index is 12.2. The molecule has 0 spiro atoms. The van der Waals surface area contributed by atoms with Crippen molar-refractivity contribution in [2.75, 3.05) is 25.1 Å². The molecule has 138 valence electrons. The van der Waals surface area contributed by atoms with Gasteiger partial charge in [-0.15, -0.1) is 0 Å². The van der Waals surface area contributed by atoms with Crippen LogP contribution in [-0.2, 0) is 4.74 Å². The molecule has 0 saturated carbocycles. The molecule has 1 aromatic heterocycles. The van der Waals surface area contributed by atoms with Crippen molar-refractivity contribution in [2.45, 2.75) is 6.10 Å². The van der Waals surface area contributed by atoms with E-state index in [1.54, 1.807) is 30.3 Å². The van der Waals surface area contributed by atoms with Gasteiger partial charge in [-0.3, -0.25) is 0 Å². The van der Waals surface area contributed by atoms with Crippen LogP contribution in [-0.4, -0.2) is 41.9 Å². The average molecular weight is 364 g/mol. The lowest BCUT2D eigenvalue weighted by Crippen LogP contribution is -2.54. The summed E-state index contributed by atoms with van der Waals surface area (Å²) in [7, 11) is 1.39. The molecule has 2 aromatic carbocycles. The fraction of sp³-hybridized carbons (Fsp3) is 0.190. The van der Waals surface area contributed by atoms with Gasteiger partial charge in [0.25, 0.3) is 0 Å². The third-order valence-electron chi connectivity index (χ3n) is 4.61. The highest BCUT2D eigenvalue weighted by Gasteiger charge is 2.31. The van der Waals surface area contributed by atoms with Crippen LogP contribution in [0.25, 0.3) is 5.69 Å². The normalized spacial score (nSPS) is 13.9. The van der Waals surface area contributed by atoms with Gasteiger partial charge in [0.15, 0.2) is 0 Å². The standard InChI is InChI=1S/C21H20N2O4/c1-26-21(25)18-5-4-6-19(20(18)22-11-2-3-12-22)23-13-17(14-23)27-16-9-7-15(24)8-10-16/h2-12,17,24H,13-14H2,1H3. The molecule has 1 N–H and O–H groups in total. The molecule has 0 unspecified atom stereocenters. The number of methoxy groups -OCH3 is 1. The molecule has 1 saturated heterocycles. The molecule has 0 bridgehead atoms. The number of phenolic OH excluding ortho intramolecular Hbond substituents is 1. The number of carbonyl (C=O) groups is 1. The number of para-hydroxylation sites is 1. The van der Waals surface area contributed by atoms with Crippen molar-refractivity contribution < 1.29 is 19.4 Å². The fourth-order valence-electron chi connectivity index (χ4n) is 3.24. The number of hydrogen-bond donors (Lipinski definition) is 1. The van der Waals surface area contributed by atoms with Crippen molar-refractivity contribution in [3.63, 3.8) is 0 Å². The number of hydrogen-bond acceptors (Lipinski definition) is 5. The molecule has 1 aliphatic heterocycles. The van der Waals surface area contributed by atoms with Crippen molar-refractivity contribution in [2.24, 2.45) is 0 Å². The predicted molar refractivity (Wildman–Crippen MR) is 102 cm³/mol. The number of esters is 1. The van der Waals surface area contributed by atoms with Crippen LogP contribution < -0.4 is 9.64 Å². The van der Waals surface area contributed by atoms with E-state index in [-0.39, 0.29) is 17.8 Å². The lowest BCUT2D eigenvalue weighted by molar-refractivity contribution is 0.0601. The van der Waals surface area contributed by atoms with Gasteiger partial charge < -0.3 is 24.0 Å². The van der Waals surface area contributed by atoms with Crippen LogP contribution in [0.15, 0.2) is 67.0 Å². The molecule has 2 heterocycles. The molecule has 0 amide bonds. The third-order valence-corrected chi connectivity index (χ3v) is 4.61. The second-order valence-electron chi connectivity index (χ2n) is 6.39. The van der Waals surface area contributed by atoms with E-state index in [0.717, 1.165) is 17.1 Å². The van der Waals surface area contributed by atoms with Crippen LogP contribution in [0.2, 0.25) is 0 Å². The summed E-state index contributed by atoms with van der Waals surface area (Å²) in [5, 5.41) is 9.36. The molecular weight excluding hydrogens is 344 g/mol. The highest BCUT2D eigenvalue weighted by molar-refractivity contribution is 5.96. The summed E-state index contributed by atoms with van der Waals surface area (Å²) in [5.74, 6) is 0.581. The lowest BCUT2D eigenvalue weighted by atomic mass is 10.1. The number of carbonyl (C=O) groups excluding carboxylic acids is 1. The zero-order chi connectivity index (χ0) is 18.8. The highest BCUT2D eigenvalue weighted by atomic mass is 16.5. The molecule has 4 rings (SSSR count). The molecule has 0 aliphatic carbocycles. The van der Waals surface area contributed by atoms with Crippen LogP contribution in [0, 0.1) is 0 Å². The Morgan fingerprint density at radius 2 is 1.74 bits per heavy atom. The van der Waals surface area contributed by atoms with E-state index in [4.69, 9.17) is 9.47 Å². The Hall–Kier alpha value is -3.41. The monoisotopic (exact) mass is 364 g/mol. The Morgan fingerprint density at radius 3 is 2.41 bits per heavy atom. The van der Waals surface area contributed by atoms with E-state index < -0.39 is 0 Å². The van der Waals surface area contributed by atoms with E-state index in [2.05, 4.69) is 4.90 Å². The second kappa shape index (κ2) is 7.07. The van der Waals surface area contributed by atoms with Gasteiger partial charge in [-0.1, -0.05) is 6.07 Å². The quantitative estimate of drug-likeness (QED) is 0.704. The van der Waals surface area contributed by atoms with E-state index in [0.29, 0.717) is 18.7 Å². The Morgan fingerprint density at radius 1 is 1.04 bits per heavy atom. The highest BCUT2D eigenvalue weighted by Crippen LogP contribution is 2.33. The molecule has 6 nitrogen and oxygen atoms in total. The van der Waals surface area contributed by atoms with E-state index in [1.165, 1.54) is 7.11 Å². The molecule has 1 fully saturated rings. The molecule has 27 heavy (non-hydrogen) atoms. The third kappa shape index (κ3) is 3.33. The zero-order valence-corrected chi connectivity index (χ0v) is 14.9. The molecule has 0 atom stereocenters. The Bertz CT molecular complexity index is 929. The van der Waals surface area contributed by atoms with E-state index in [9.17, 15) is 9.90 Å². The maximum Gasteiger partial charge on any atom is 0.340 e. The first-order chi connectivity index (χ1) is 13.2. The van der Waals surface area contributed by atoms with Crippen molar-refractivity contribution in [1.29, 1.82) is 0 Å². The van der Waals surface area contributed by atoms with Crippen molar-refractivity contribution >= 4 is 11.7 Å². The van der Waals surface area contributed by atoms with Gasteiger partial charge in [0.05, 0.1) is 37.1 Å². The van der Waals surface area contributed by atoms with Crippen LogP contribution in [0.4, 0.5) is 5.69 Å². The van der Waals surface area contributed by atoms with Crippen LogP contribution >= 0.6 is 0 Å². The zero-order valence-electron chi connectivity index (χ0n) is 14.9. The van der Waals surface area contributed by atoms with Gasteiger partial charge in [-0.25, -0.2) is 4.79 Å². The van der Waals surface area contributed by atoms with Gasteiger partial charge >= 0.3 is 5.97 Å². The number of aromatic nitrogens is 1. The summed E-state index contributed by atoms with van der Waals surface area (Å²) in [6, 6.07) is 16.2. The molecular formula is C21H20N2O4. The fourth-order valence-corrected chi connectivity index (χ4v) is 3.24. The summed E-state index contributed by atoms with van der Waals surface area (Å²) in [5.41, 5.74) is 2.28. The van der Waals surface area contributed by atoms with Gasteiger partial charge in [0, 0.05) is 12.4 Å². The SMILES string of the molecule is COC(=O)c1cccc(N2CC(Oc3ccc(O)cc3)C2)c1-n1cccc1. The van der Waals surface area contributed by atoms with Gasteiger partial charge in [0.2, 0.25) is 0 Å². The number of rotatable bonds is 5. The number of benzene rings is 2. The number of anilines is 1. The predicted octanol–water partition coefficient (Wildman–Crippen LogP) is 3.24. The number of nitrogens with zero attached hydrogens (tertiary/aromatic N) is 2. The number of phenols is 1. The average Bonchev–Trinajstić information content (AvgIpc) is 3.19. The Balaban J connectivity index is 1.56. The van der Waals surface area contributed by atoms with Crippen molar-refractivity contribution in [3.05, 3.63) is 72.6 Å². The molecule has 3 aromatic rings. The first-order valence-corrected chi connectivity index (χ1v) is 8.71. The Kier molecular flexibility index (Phi) is 4.46. The summed E-state index contributed by atoms with van der Waals surface area (Å²) in [4.78, 5) is 14.4. The topological polar surface area (TPSA) is 63.9 Å². The molecule has 1 aliphatic rings. The summed E-state index contributed by atoms with van der Waals surface area (Å²) in [6.45, 7) is 1.42. The first-order valence-electron chi connectivity index (χ1n) is 8.71. The van der Waals surface area contributed by atoms with E-state index in [1.807, 2.05) is 41.2 Å². The molecule has 0 radical (unpaired) electrons. The largest absolute Gasteiger partial charge is 0.508 e. The van der Waals surface area contributed by atoms with Gasteiger partial charge in [-0.05, 0) is 48.5 Å². The number of ether oxygens (including phenoxy) is 2.